The number of hydrogen-bond acceptors (Lipinski definition) is 8. The molecule has 1 aliphatic rings. The van der Waals surface area contributed by atoms with E-state index in [1.165, 1.54) is 0 Å². The predicted molar refractivity (Wildman–Crippen MR) is 80.0 cm³/mol. The molecule has 1 atom stereocenters. The summed E-state index contributed by atoms with van der Waals surface area (Å²) in [6.07, 6.45) is 1.72. The van der Waals surface area contributed by atoms with Gasteiger partial charge in [-0.2, -0.15) is 0 Å². The fourth-order valence-electron chi connectivity index (χ4n) is 2.11. The minimum atomic E-state index is -0.923. The van der Waals surface area contributed by atoms with Crippen LogP contribution in [0.15, 0.2) is 0 Å². The summed E-state index contributed by atoms with van der Waals surface area (Å²) in [4.78, 5) is 11.9. The molecule has 0 aromatic rings. The number of esters is 1. The monoisotopic (exact) mass is 336 g/mol. The van der Waals surface area contributed by atoms with Crippen molar-refractivity contribution in [2.45, 2.75) is 24.9 Å². The van der Waals surface area contributed by atoms with Crippen LogP contribution in [-0.2, 0) is 38.0 Å². The van der Waals surface area contributed by atoms with E-state index in [1.54, 1.807) is 14.2 Å². The second kappa shape index (κ2) is 12.6. The van der Waals surface area contributed by atoms with Gasteiger partial charge in [-0.05, 0) is 12.8 Å². The topological polar surface area (TPSA) is 81.7 Å². The Morgan fingerprint density at radius 1 is 0.957 bits per heavy atom. The van der Waals surface area contributed by atoms with E-state index in [9.17, 15) is 4.79 Å². The smallest absolute Gasteiger partial charge is 0.338 e. The maximum absolute atomic E-state index is 11.9. The van der Waals surface area contributed by atoms with Crippen molar-refractivity contribution in [2.24, 2.45) is 0 Å². The molecule has 1 rings (SSSR count). The standard InChI is InChI=1S/C15H28O8/c1-17-8-10-20-12-19-6-3-4-15(5-7-22-14(15)16)23-13-21-11-9-18-2/h3-13H2,1-2H3. The van der Waals surface area contributed by atoms with E-state index < -0.39 is 5.60 Å². The minimum Gasteiger partial charge on any atom is -0.463 e. The zero-order chi connectivity index (χ0) is 16.8. The molecule has 0 N–H and O–H groups in total. The van der Waals surface area contributed by atoms with Gasteiger partial charge in [-0.3, -0.25) is 0 Å². The van der Waals surface area contributed by atoms with Crippen molar-refractivity contribution < 1.29 is 38.0 Å². The Bertz CT molecular complexity index is 312. The van der Waals surface area contributed by atoms with Crippen molar-refractivity contribution in [3.8, 4) is 0 Å². The highest BCUT2D eigenvalue weighted by Gasteiger charge is 2.45. The van der Waals surface area contributed by atoms with E-state index >= 15 is 0 Å². The summed E-state index contributed by atoms with van der Waals surface area (Å²) in [5.74, 6) is -0.329. The average molecular weight is 336 g/mol. The molecule has 0 aliphatic carbocycles. The highest BCUT2D eigenvalue weighted by molar-refractivity contribution is 5.81. The molecule has 0 aromatic heterocycles. The quantitative estimate of drug-likeness (QED) is 0.246. The van der Waals surface area contributed by atoms with Gasteiger partial charge >= 0.3 is 5.97 Å². The number of carbonyl (C=O) groups is 1. The van der Waals surface area contributed by atoms with Gasteiger partial charge in [0, 0.05) is 27.2 Å². The molecule has 1 aliphatic heterocycles. The molecule has 23 heavy (non-hydrogen) atoms. The molecule has 0 bridgehead atoms. The van der Waals surface area contributed by atoms with Crippen LogP contribution in [0.3, 0.4) is 0 Å². The third-order valence-electron chi connectivity index (χ3n) is 3.43. The number of cyclic esters (lactones) is 1. The Balaban J connectivity index is 2.17. The number of methoxy groups -OCH3 is 2. The molecule has 0 radical (unpaired) electrons. The van der Waals surface area contributed by atoms with Gasteiger partial charge in [-0.15, -0.1) is 0 Å². The fraction of sp³-hybridized carbons (Fsp3) is 0.933. The summed E-state index contributed by atoms with van der Waals surface area (Å²) in [7, 11) is 3.21. The molecule has 1 unspecified atom stereocenters. The third kappa shape index (κ3) is 8.05. The van der Waals surface area contributed by atoms with Crippen LogP contribution < -0.4 is 0 Å². The van der Waals surface area contributed by atoms with Crippen LogP contribution in [0.1, 0.15) is 19.3 Å². The van der Waals surface area contributed by atoms with Gasteiger partial charge < -0.3 is 33.2 Å². The van der Waals surface area contributed by atoms with Crippen LogP contribution >= 0.6 is 0 Å². The summed E-state index contributed by atoms with van der Waals surface area (Å²) in [6, 6.07) is 0. The number of rotatable bonds is 15. The molecule has 136 valence electrons. The number of hydrogen-bond donors (Lipinski definition) is 0. The van der Waals surface area contributed by atoms with Gasteiger partial charge in [0.25, 0.3) is 0 Å². The first-order chi connectivity index (χ1) is 11.2. The second-order valence-corrected chi connectivity index (χ2v) is 5.07. The largest absolute Gasteiger partial charge is 0.463 e. The van der Waals surface area contributed by atoms with Gasteiger partial charge in [0.2, 0.25) is 0 Å². The van der Waals surface area contributed by atoms with Crippen LogP contribution in [0.2, 0.25) is 0 Å². The molecule has 1 fully saturated rings. The summed E-state index contributed by atoms with van der Waals surface area (Å²) >= 11 is 0. The Morgan fingerprint density at radius 3 is 2.22 bits per heavy atom. The Labute approximate surface area is 137 Å². The van der Waals surface area contributed by atoms with E-state index in [0.29, 0.717) is 58.9 Å². The Hall–Kier alpha value is -0.770. The van der Waals surface area contributed by atoms with Crippen LogP contribution in [0.5, 0.6) is 0 Å². The molecular weight excluding hydrogens is 308 g/mol. The summed E-state index contributed by atoms with van der Waals surface area (Å²) in [6.45, 7) is 3.04. The molecule has 8 nitrogen and oxygen atoms in total. The maximum Gasteiger partial charge on any atom is 0.338 e. The predicted octanol–water partition coefficient (Wildman–Crippen LogP) is 0.727. The summed E-state index contributed by atoms with van der Waals surface area (Å²) in [5.41, 5.74) is -0.923. The molecule has 0 aromatic carbocycles. The molecular formula is C15H28O8. The van der Waals surface area contributed by atoms with Gasteiger partial charge in [-0.25, -0.2) is 4.79 Å². The third-order valence-corrected chi connectivity index (χ3v) is 3.43. The second-order valence-electron chi connectivity index (χ2n) is 5.07. The number of carbonyl (C=O) groups excluding carboxylic acids is 1. The van der Waals surface area contributed by atoms with Gasteiger partial charge in [-0.1, -0.05) is 0 Å². The maximum atomic E-state index is 11.9. The van der Waals surface area contributed by atoms with Crippen molar-refractivity contribution in [1.82, 2.24) is 0 Å². The van der Waals surface area contributed by atoms with E-state index in [2.05, 4.69) is 0 Å². The lowest BCUT2D eigenvalue weighted by atomic mass is 9.96. The van der Waals surface area contributed by atoms with Crippen LogP contribution in [0, 0.1) is 0 Å². The molecule has 0 amide bonds. The van der Waals surface area contributed by atoms with Crippen molar-refractivity contribution in [1.29, 1.82) is 0 Å². The normalized spacial score (nSPS) is 20.9. The first-order valence-corrected chi connectivity index (χ1v) is 7.77. The zero-order valence-electron chi connectivity index (χ0n) is 14.0. The van der Waals surface area contributed by atoms with E-state index in [0.717, 1.165) is 0 Å². The van der Waals surface area contributed by atoms with E-state index in [4.69, 9.17) is 33.2 Å². The van der Waals surface area contributed by atoms with Gasteiger partial charge in [0.15, 0.2) is 5.60 Å². The van der Waals surface area contributed by atoms with Crippen LogP contribution in [0.25, 0.3) is 0 Å². The molecule has 8 heteroatoms. The summed E-state index contributed by atoms with van der Waals surface area (Å²) < 4.78 is 36.2. The van der Waals surface area contributed by atoms with Crippen molar-refractivity contribution in [3.63, 3.8) is 0 Å². The van der Waals surface area contributed by atoms with Crippen molar-refractivity contribution >= 4 is 5.97 Å². The average Bonchev–Trinajstić information content (AvgIpc) is 2.91. The molecule has 0 saturated carbocycles. The van der Waals surface area contributed by atoms with E-state index in [1.807, 2.05) is 0 Å². The lowest BCUT2D eigenvalue weighted by Gasteiger charge is -2.25. The fourth-order valence-corrected chi connectivity index (χ4v) is 2.11. The van der Waals surface area contributed by atoms with E-state index in [-0.39, 0.29) is 19.6 Å². The zero-order valence-corrected chi connectivity index (χ0v) is 14.0. The molecule has 1 heterocycles. The first kappa shape index (κ1) is 20.3. The number of ether oxygens (including phenoxy) is 7. The Kier molecular flexibility index (Phi) is 11.1. The summed E-state index contributed by atoms with van der Waals surface area (Å²) in [5, 5.41) is 0. The van der Waals surface area contributed by atoms with Crippen molar-refractivity contribution in [3.05, 3.63) is 0 Å². The first-order valence-electron chi connectivity index (χ1n) is 7.77. The lowest BCUT2D eigenvalue weighted by Crippen LogP contribution is -2.39. The lowest BCUT2D eigenvalue weighted by molar-refractivity contribution is -0.179. The van der Waals surface area contributed by atoms with Gasteiger partial charge in [0.1, 0.15) is 13.6 Å². The molecule has 0 spiro atoms. The highest BCUT2D eigenvalue weighted by Crippen LogP contribution is 2.29. The van der Waals surface area contributed by atoms with Crippen LogP contribution in [-0.4, -0.2) is 79.0 Å². The molecule has 1 saturated heterocycles. The highest BCUT2D eigenvalue weighted by atomic mass is 16.7. The van der Waals surface area contributed by atoms with Crippen molar-refractivity contribution in [2.75, 3.05) is 67.4 Å². The minimum absolute atomic E-state index is 0.0411. The van der Waals surface area contributed by atoms with Crippen LogP contribution in [0.4, 0.5) is 0 Å². The Morgan fingerprint density at radius 2 is 1.61 bits per heavy atom. The van der Waals surface area contributed by atoms with Gasteiger partial charge in [0.05, 0.1) is 33.0 Å². The SMILES string of the molecule is COCCOCOCCCC1(OCOCCOC)CCOC1=O.